The molecule has 1 aliphatic rings. The van der Waals surface area contributed by atoms with E-state index >= 15 is 0 Å². The van der Waals surface area contributed by atoms with Gasteiger partial charge >= 0.3 is 11.9 Å². The lowest BCUT2D eigenvalue weighted by Gasteiger charge is -2.33. The van der Waals surface area contributed by atoms with Crippen molar-refractivity contribution >= 4 is 23.3 Å². The molecule has 0 unspecified atom stereocenters. The van der Waals surface area contributed by atoms with Crippen LogP contribution in [0.2, 0.25) is 0 Å². The molecular formula is C23H25NO4. The first-order valence-electron chi connectivity index (χ1n) is 9.60. The Hall–Kier alpha value is -3.08. The Bertz CT molecular complexity index is 805. The molecule has 0 aliphatic carbocycles. The number of allylic oxidation sites excluding steroid dienone is 2. The average molecular weight is 379 g/mol. The van der Waals surface area contributed by atoms with Crippen molar-refractivity contribution in [3.63, 3.8) is 0 Å². The summed E-state index contributed by atoms with van der Waals surface area (Å²) in [7, 11) is 0. The number of nitrogens with zero attached hydrogens (tertiary/aromatic N) is 1. The molecule has 0 aromatic heterocycles. The molecule has 0 radical (unpaired) electrons. The summed E-state index contributed by atoms with van der Waals surface area (Å²) in [6.45, 7) is 3.83. The van der Waals surface area contributed by atoms with Gasteiger partial charge in [0.2, 0.25) is 6.04 Å². The van der Waals surface area contributed by atoms with Gasteiger partial charge in [-0.05, 0) is 49.9 Å². The summed E-state index contributed by atoms with van der Waals surface area (Å²) in [5, 5.41) is 0. The van der Waals surface area contributed by atoms with Gasteiger partial charge in [-0.2, -0.15) is 0 Å². The van der Waals surface area contributed by atoms with Gasteiger partial charge in [0.05, 0.1) is 13.2 Å². The summed E-state index contributed by atoms with van der Waals surface area (Å²) in [5.74, 6) is -1.23. The zero-order valence-corrected chi connectivity index (χ0v) is 16.3. The minimum absolute atomic E-state index is 0.188. The molecule has 0 bridgehead atoms. The summed E-state index contributed by atoms with van der Waals surface area (Å²) >= 11 is 0. The molecule has 146 valence electrons. The molecule has 0 saturated heterocycles. The molecule has 0 amide bonds. The van der Waals surface area contributed by atoms with E-state index in [-0.39, 0.29) is 13.2 Å². The highest BCUT2D eigenvalue weighted by molar-refractivity contribution is 6.05. The van der Waals surface area contributed by atoms with E-state index in [0.717, 1.165) is 22.5 Å². The number of hydrogen-bond acceptors (Lipinski definition) is 5. The van der Waals surface area contributed by atoms with Crippen LogP contribution in [0.25, 0.3) is 0 Å². The number of ether oxygens (including phenoxy) is 2. The Morgan fingerprint density at radius 2 is 1.25 bits per heavy atom. The fraction of sp³-hybridized carbons (Fsp3) is 0.304. The predicted octanol–water partition coefficient (Wildman–Crippen LogP) is 3.97. The lowest BCUT2D eigenvalue weighted by molar-refractivity contribution is -0.156. The third-order valence-electron chi connectivity index (χ3n) is 4.62. The molecule has 2 aromatic carbocycles. The van der Waals surface area contributed by atoms with Crippen molar-refractivity contribution in [2.45, 2.75) is 32.7 Å². The lowest BCUT2D eigenvalue weighted by atomic mass is 10.0. The number of esters is 2. The summed E-state index contributed by atoms with van der Waals surface area (Å²) in [6.07, 6.45) is 5.64. The molecular weight excluding hydrogens is 354 g/mol. The Labute approximate surface area is 165 Å². The quantitative estimate of drug-likeness (QED) is 0.447. The molecule has 1 aliphatic heterocycles. The number of hydrogen-bond donors (Lipinski definition) is 0. The van der Waals surface area contributed by atoms with Crippen LogP contribution in [0.1, 0.15) is 25.0 Å². The monoisotopic (exact) mass is 379 g/mol. The van der Waals surface area contributed by atoms with Gasteiger partial charge in [0.15, 0.2) is 0 Å². The Morgan fingerprint density at radius 1 is 0.821 bits per heavy atom. The fourth-order valence-electron chi connectivity index (χ4n) is 3.41. The van der Waals surface area contributed by atoms with Gasteiger partial charge in [0, 0.05) is 11.4 Å². The summed E-state index contributed by atoms with van der Waals surface area (Å²) in [5.41, 5.74) is 3.64. The molecule has 5 heteroatoms. The number of fused-ring (bicyclic) bond motifs is 2. The molecule has 0 atom stereocenters. The maximum absolute atomic E-state index is 12.9. The number of rotatable bonds is 5. The second kappa shape index (κ2) is 9.22. The fourth-order valence-corrected chi connectivity index (χ4v) is 3.41. The van der Waals surface area contributed by atoms with Gasteiger partial charge in [-0.25, -0.2) is 9.59 Å². The highest BCUT2D eigenvalue weighted by Gasteiger charge is 2.38. The minimum atomic E-state index is -1.21. The van der Waals surface area contributed by atoms with Crippen molar-refractivity contribution in [2.75, 3.05) is 18.1 Å². The van der Waals surface area contributed by atoms with E-state index in [1.165, 1.54) is 0 Å². The standard InChI is InChI=1S/C23H25NO4/c1-3-27-22(25)21(23(26)28-4-2)24-19-15-9-7-13-17(19)11-5-6-12-18-14-8-10-16-20(18)24/h5-10,13-16,21H,3-4,11-12H2,1-2H3. The number of anilines is 2. The summed E-state index contributed by atoms with van der Waals surface area (Å²) in [6, 6.07) is 14.4. The zero-order chi connectivity index (χ0) is 19.9. The maximum Gasteiger partial charge on any atom is 0.340 e. The predicted molar refractivity (Wildman–Crippen MR) is 109 cm³/mol. The topological polar surface area (TPSA) is 55.8 Å². The van der Waals surface area contributed by atoms with Gasteiger partial charge in [-0.3, -0.25) is 0 Å². The van der Waals surface area contributed by atoms with E-state index in [4.69, 9.17) is 9.47 Å². The van der Waals surface area contributed by atoms with Crippen LogP contribution in [0.15, 0.2) is 60.7 Å². The van der Waals surface area contributed by atoms with Crippen LogP contribution in [0, 0.1) is 0 Å². The van der Waals surface area contributed by atoms with Crippen LogP contribution in [-0.4, -0.2) is 31.2 Å². The van der Waals surface area contributed by atoms with Gasteiger partial charge < -0.3 is 14.4 Å². The Morgan fingerprint density at radius 3 is 1.68 bits per heavy atom. The first-order valence-corrected chi connectivity index (χ1v) is 9.60. The normalized spacial score (nSPS) is 13.0. The molecule has 3 rings (SSSR count). The minimum Gasteiger partial charge on any atom is -0.464 e. The second-order valence-electron chi connectivity index (χ2n) is 6.41. The van der Waals surface area contributed by atoms with Crippen LogP contribution in [0.3, 0.4) is 0 Å². The van der Waals surface area contributed by atoms with Crippen LogP contribution < -0.4 is 4.90 Å². The van der Waals surface area contributed by atoms with Crippen LogP contribution in [-0.2, 0) is 31.9 Å². The van der Waals surface area contributed by atoms with Crippen molar-refractivity contribution in [2.24, 2.45) is 0 Å². The molecule has 5 nitrogen and oxygen atoms in total. The Balaban J connectivity index is 2.23. The summed E-state index contributed by atoms with van der Waals surface area (Å²) in [4.78, 5) is 27.5. The highest BCUT2D eigenvalue weighted by Crippen LogP contribution is 2.36. The smallest absolute Gasteiger partial charge is 0.340 e. The second-order valence-corrected chi connectivity index (χ2v) is 6.41. The largest absolute Gasteiger partial charge is 0.464 e. The molecule has 0 N–H and O–H groups in total. The molecule has 1 heterocycles. The molecule has 0 saturated carbocycles. The van der Waals surface area contributed by atoms with Gasteiger partial charge in [-0.15, -0.1) is 0 Å². The number of carbonyl (C=O) groups is 2. The first-order chi connectivity index (χ1) is 13.7. The van der Waals surface area contributed by atoms with Crippen LogP contribution in [0.4, 0.5) is 11.4 Å². The molecule has 0 spiro atoms. The molecule has 2 aromatic rings. The van der Waals surface area contributed by atoms with Gasteiger partial charge in [0.1, 0.15) is 0 Å². The molecule has 0 fully saturated rings. The van der Waals surface area contributed by atoms with Gasteiger partial charge in [0.25, 0.3) is 0 Å². The zero-order valence-electron chi connectivity index (χ0n) is 16.3. The first kappa shape index (κ1) is 19.7. The van der Waals surface area contributed by atoms with Crippen molar-refractivity contribution < 1.29 is 19.1 Å². The van der Waals surface area contributed by atoms with E-state index in [2.05, 4.69) is 12.2 Å². The van der Waals surface area contributed by atoms with Crippen molar-refractivity contribution in [3.05, 3.63) is 71.8 Å². The maximum atomic E-state index is 12.9. The lowest BCUT2D eigenvalue weighted by Crippen LogP contribution is -2.47. The SMILES string of the molecule is CCOC(=O)C(C(=O)OCC)N1c2ccccc2CC=CCc2ccccc21. The number of carbonyl (C=O) groups excluding carboxylic acids is 2. The Kier molecular flexibility index (Phi) is 6.48. The molecule has 28 heavy (non-hydrogen) atoms. The van der Waals surface area contributed by atoms with Crippen LogP contribution >= 0.6 is 0 Å². The third kappa shape index (κ3) is 4.09. The van der Waals surface area contributed by atoms with E-state index in [1.807, 2.05) is 48.5 Å². The van der Waals surface area contributed by atoms with Gasteiger partial charge in [-0.1, -0.05) is 48.6 Å². The highest BCUT2D eigenvalue weighted by atomic mass is 16.6. The number of para-hydroxylation sites is 2. The average Bonchev–Trinajstić information content (AvgIpc) is 2.77. The van der Waals surface area contributed by atoms with Crippen molar-refractivity contribution in [1.82, 2.24) is 0 Å². The number of benzene rings is 2. The van der Waals surface area contributed by atoms with E-state index in [9.17, 15) is 9.59 Å². The van der Waals surface area contributed by atoms with E-state index in [0.29, 0.717) is 12.8 Å². The van der Waals surface area contributed by atoms with E-state index < -0.39 is 18.0 Å². The van der Waals surface area contributed by atoms with E-state index in [1.54, 1.807) is 18.7 Å². The van der Waals surface area contributed by atoms with Crippen molar-refractivity contribution in [1.29, 1.82) is 0 Å². The van der Waals surface area contributed by atoms with Crippen LogP contribution in [0.5, 0.6) is 0 Å². The van der Waals surface area contributed by atoms with Crippen molar-refractivity contribution in [3.8, 4) is 0 Å². The third-order valence-corrected chi connectivity index (χ3v) is 4.62. The summed E-state index contributed by atoms with van der Waals surface area (Å²) < 4.78 is 10.5.